The van der Waals surface area contributed by atoms with Crippen molar-refractivity contribution in [3.63, 3.8) is 0 Å². The van der Waals surface area contributed by atoms with E-state index in [9.17, 15) is 12.8 Å². The molecule has 0 aliphatic rings. The van der Waals surface area contributed by atoms with Crippen LogP contribution < -0.4 is 10.5 Å². The zero-order valence-electron chi connectivity index (χ0n) is 10.2. The van der Waals surface area contributed by atoms with Crippen LogP contribution in [-0.4, -0.2) is 8.42 Å². The van der Waals surface area contributed by atoms with Crippen molar-refractivity contribution in [3.05, 3.63) is 45.9 Å². The molecule has 3 N–H and O–H groups in total. The number of anilines is 1. The zero-order valence-corrected chi connectivity index (χ0v) is 11.8. The van der Waals surface area contributed by atoms with E-state index in [1.165, 1.54) is 29.5 Å². The molecule has 4 nitrogen and oxygen atoms in total. The van der Waals surface area contributed by atoms with Crippen molar-refractivity contribution in [2.75, 3.05) is 4.72 Å². The number of halogens is 1. The summed E-state index contributed by atoms with van der Waals surface area (Å²) in [5.41, 5.74) is 5.98. The summed E-state index contributed by atoms with van der Waals surface area (Å²) < 4.78 is 40.4. The Labute approximate surface area is 115 Å². The Balaban J connectivity index is 2.43. The first kappa shape index (κ1) is 14.0. The van der Waals surface area contributed by atoms with Crippen LogP contribution in [0.2, 0.25) is 0 Å². The maximum Gasteiger partial charge on any atom is 0.263 e. The van der Waals surface area contributed by atoms with Gasteiger partial charge in [-0.1, -0.05) is 12.1 Å². The Hall–Kier alpha value is -1.44. The monoisotopic (exact) mass is 300 g/mol. The molecule has 0 amide bonds. The first-order chi connectivity index (χ1) is 8.95. The van der Waals surface area contributed by atoms with Crippen molar-refractivity contribution in [2.45, 2.75) is 18.4 Å². The predicted molar refractivity (Wildman–Crippen MR) is 74.2 cm³/mol. The molecular formula is C12H13FN2O2S2. The van der Waals surface area contributed by atoms with E-state index in [2.05, 4.69) is 4.72 Å². The van der Waals surface area contributed by atoms with Gasteiger partial charge in [-0.3, -0.25) is 4.72 Å². The highest BCUT2D eigenvalue weighted by atomic mass is 32.2. The zero-order chi connectivity index (χ0) is 14.0. The molecule has 0 aliphatic carbocycles. The summed E-state index contributed by atoms with van der Waals surface area (Å²) in [6.45, 7) is 1.77. The second-order valence-corrected chi connectivity index (χ2v) is 6.60. The van der Waals surface area contributed by atoms with E-state index in [1.54, 1.807) is 18.4 Å². The predicted octanol–water partition coefficient (Wildman–Crippen LogP) is 2.46. The number of aryl methyl sites for hydroxylation is 1. The summed E-state index contributed by atoms with van der Waals surface area (Å²) >= 11 is 1.26. The largest absolute Gasteiger partial charge is 0.326 e. The van der Waals surface area contributed by atoms with Gasteiger partial charge in [0.1, 0.15) is 10.7 Å². The van der Waals surface area contributed by atoms with Gasteiger partial charge in [-0.25, -0.2) is 12.8 Å². The third kappa shape index (κ3) is 2.78. The van der Waals surface area contributed by atoms with Crippen molar-refractivity contribution >= 4 is 27.0 Å². The van der Waals surface area contributed by atoms with Gasteiger partial charge in [0, 0.05) is 11.4 Å². The number of sulfonamides is 1. The molecule has 1 aromatic heterocycles. The number of hydrogen-bond donors (Lipinski definition) is 2. The molecule has 0 unspecified atom stereocenters. The molecule has 102 valence electrons. The number of rotatable bonds is 4. The first-order valence-corrected chi connectivity index (χ1v) is 7.86. The van der Waals surface area contributed by atoms with Crippen molar-refractivity contribution in [2.24, 2.45) is 5.73 Å². The Morgan fingerprint density at radius 3 is 2.74 bits per heavy atom. The van der Waals surface area contributed by atoms with Crippen LogP contribution in [0.25, 0.3) is 0 Å². The van der Waals surface area contributed by atoms with Gasteiger partial charge in [0.25, 0.3) is 10.0 Å². The lowest BCUT2D eigenvalue weighted by atomic mass is 10.2. The van der Waals surface area contributed by atoms with Crippen molar-refractivity contribution in [3.8, 4) is 0 Å². The third-order valence-corrected chi connectivity index (χ3v) is 5.14. The fourth-order valence-electron chi connectivity index (χ4n) is 1.67. The van der Waals surface area contributed by atoms with Crippen molar-refractivity contribution in [1.82, 2.24) is 0 Å². The van der Waals surface area contributed by atoms with Gasteiger partial charge in [-0.2, -0.15) is 0 Å². The average molecular weight is 300 g/mol. The van der Waals surface area contributed by atoms with Gasteiger partial charge < -0.3 is 5.73 Å². The van der Waals surface area contributed by atoms with Crippen molar-refractivity contribution < 1.29 is 12.8 Å². The Bertz CT molecular complexity index is 675. The molecular weight excluding hydrogens is 287 g/mol. The maximum absolute atomic E-state index is 13.7. The molecule has 0 aliphatic heterocycles. The minimum atomic E-state index is -3.82. The molecule has 0 fully saturated rings. The molecule has 0 bridgehead atoms. The van der Waals surface area contributed by atoms with Crippen molar-refractivity contribution in [1.29, 1.82) is 0 Å². The molecule has 1 aromatic carbocycles. The topological polar surface area (TPSA) is 72.2 Å². The number of para-hydroxylation sites is 1. The minimum absolute atomic E-state index is 0.0309. The van der Waals surface area contributed by atoms with Gasteiger partial charge in [-0.15, -0.1) is 11.3 Å². The highest BCUT2D eigenvalue weighted by molar-refractivity contribution is 7.93. The Morgan fingerprint density at radius 1 is 1.37 bits per heavy atom. The number of nitrogens with one attached hydrogen (secondary N) is 1. The quantitative estimate of drug-likeness (QED) is 0.911. The van der Waals surface area contributed by atoms with E-state index in [-0.39, 0.29) is 17.1 Å². The number of hydrogen-bond acceptors (Lipinski definition) is 4. The summed E-state index contributed by atoms with van der Waals surface area (Å²) in [6, 6.07) is 5.84. The number of thiophene rings is 1. The van der Waals surface area contributed by atoms with Crippen LogP contribution in [0, 0.1) is 12.7 Å². The highest BCUT2D eigenvalue weighted by Crippen LogP contribution is 2.26. The van der Waals surface area contributed by atoms with Crippen LogP contribution in [0.15, 0.2) is 34.5 Å². The smallest absolute Gasteiger partial charge is 0.263 e. The van der Waals surface area contributed by atoms with E-state index >= 15 is 0 Å². The molecule has 7 heteroatoms. The fourth-order valence-corrected chi connectivity index (χ4v) is 4.14. The van der Waals surface area contributed by atoms with Crippen LogP contribution in [0.3, 0.4) is 0 Å². The van der Waals surface area contributed by atoms with E-state index < -0.39 is 15.8 Å². The van der Waals surface area contributed by atoms with E-state index in [1.807, 2.05) is 0 Å². The lowest BCUT2D eigenvalue weighted by Gasteiger charge is -2.11. The maximum atomic E-state index is 13.7. The minimum Gasteiger partial charge on any atom is -0.326 e. The van der Waals surface area contributed by atoms with Gasteiger partial charge in [0.15, 0.2) is 0 Å². The van der Waals surface area contributed by atoms with E-state index in [0.29, 0.717) is 10.4 Å². The molecule has 1 heterocycles. The highest BCUT2D eigenvalue weighted by Gasteiger charge is 2.21. The van der Waals surface area contributed by atoms with Gasteiger partial charge in [-0.05, 0) is 30.0 Å². The lowest BCUT2D eigenvalue weighted by molar-refractivity contribution is 0.598. The summed E-state index contributed by atoms with van der Waals surface area (Å²) in [6.07, 6.45) is 0. The van der Waals surface area contributed by atoms with Crippen LogP contribution in [-0.2, 0) is 16.6 Å². The van der Waals surface area contributed by atoms with Crippen LogP contribution in [0.4, 0.5) is 10.1 Å². The third-order valence-electron chi connectivity index (χ3n) is 2.64. The Kier molecular flexibility index (Phi) is 3.88. The molecule has 0 saturated carbocycles. The normalized spacial score (nSPS) is 11.5. The summed E-state index contributed by atoms with van der Waals surface area (Å²) in [5.74, 6) is -0.604. The second-order valence-electron chi connectivity index (χ2n) is 3.95. The first-order valence-electron chi connectivity index (χ1n) is 5.50. The number of benzene rings is 1. The van der Waals surface area contributed by atoms with Gasteiger partial charge in [0.2, 0.25) is 0 Å². The molecule has 0 radical (unpaired) electrons. The molecule has 0 saturated heterocycles. The van der Waals surface area contributed by atoms with Crippen LogP contribution >= 0.6 is 11.3 Å². The molecule has 2 aromatic rings. The fraction of sp³-hybridized carbons (Fsp3) is 0.167. The van der Waals surface area contributed by atoms with Gasteiger partial charge in [0.05, 0.1) is 5.69 Å². The van der Waals surface area contributed by atoms with Gasteiger partial charge >= 0.3 is 0 Å². The molecule has 0 atom stereocenters. The van der Waals surface area contributed by atoms with Crippen LogP contribution in [0.5, 0.6) is 0 Å². The summed E-state index contributed by atoms with van der Waals surface area (Å²) in [7, 11) is -3.82. The lowest BCUT2D eigenvalue weighted by Crippen LogP contribution is -2.16. The summed E-state index contributed by atoms with van der Waals surface area (Å²) in [5, 5.41) is 1.64. The molecule has 19 heavy (non-hydrogen) atoms. The second kappa shape index (κ2) is 5.28. The molecule has 2 rings (SSSR count). The molecule has 0 spiro atoms. The Morgan fingerprint density at radius 2 is 2.11 bits per heavy atom. The SMILES string of the molecule is Cc1cccc(F)c1NS(=O)(=O)c1ccsc1CN. The average Bonchev–Trinajstić information content (AvgIpc) is 2.83. The van der Waals surface area contributed by atoms with E-state index in [0.717, 1.165) is 0 Å². The van der Waals surface area contributed by atoms with Crippen LogP contribution in [0.1, 0.15) is 10.4 Å². The van der Waals surface area contributed by atoms with E-state index in [4.69, 9.17) is 5.73 Å². The standard InChI is InChI=1S/C12H13FN2O2S2/c1-8-3-2-4-9(13)12(8)15-19(16,17)11-5-6-18-10(11)7-14/h2-6,15H,7,14H2,1H3. The number of nitrogens with two attached hydrogens (primary N) is 1. The summed E-state index contributed by atoms with van der Waals surface area (Å²) in [4.78, 5) is 0.643.